The van der Waals surface area contributed by atoms with Gasteiger partial charge in [-0.1, -0.05) is 12.1 Å². The van der Waals surface area contributed by atoms with E-state index in [1.165, 1.54) is 12.1 Å². The van der Waals surface area contributed by atoms with Crippen LogP contribution >= 0.6 is 0 Å². The number of hydrogen-bond donors (Lipinski definition) is 2. The van der Waals surface area contributed by atoms with Gasteiger partial charge < -0.3 is 10.6 Å². The Balaban J connectivity index is 1.72. The molecule has 0 atom stereocenters. The number of rotatable bonds is 6. The lowest BCUT2D eigenvalue weighted by Gasteiger charge is -2.15. The number of imide groups is 1. The van der Waals surface area contributed by atoms with Crippen molar-refractivity contribution in [3.8, 4) is 0 Å². The van der Waals surface area contributed by atoms with Crippen molar-refractivity contribution in [3.63, 3.8) is 0 Å². The number of nitrogens with zero attached hydrogens (tertiary/aromatic N) is 1. The molecule has 1 aliphatic heterocycles. The highest BCUT2D eigenvalue weighted by Crippen LogP contribution is 2.16. The number of amides is 4. The number of halogens is 1. The van der Waals surface area contributed by atoms with Gasteiger partial charge in [0, 0.05) is 19.5 Å². The fourth-order valence-electron chi connectivity index (χ4n) is 2.32. The van der Waals surface area contributed by atoms with E-state index >= 15 is 0 Å². The lowest BCUT2D eigenvalue weighted by Crippen LogP contribution is -2.40. The third-order valence-electron chi connectivity index (χ3n) is 3.66. The molecule has 23 heavy (non-hydrogen) atoms. The van der Waals surface area contributed by atoms with E-state index in [0.29, 0.717) is 13.0 Å². The minimum Gasteiger partial charge on any atom is -0.356 e. The predicted octanol–water partition coefficient (Wildman–Crippen LogP) is 1.20. The van der Waals surface area contributed by atoms with E-state index in [9.17, 15) is 18.8 Å². The van der Waals surface area contributed by atoms with Crippen molar-refractivity contribution in [2.24, 2.45) is 0 Å². The molecule has 124 valence electrons. The Bertz CT molecular complexity index is 614. The molecule has 0 aliphatic carbocycles. The topological polar surface area (TPSA) is 78.5 Å². The second-order valence-electron chi connectivity index (χ2n) is 5.99. The summed E-state index contributed by atoms with van der Waals surface area (Å²) in [5, 5.41) is 5.28. The zero-order chi connectivity index (χ0) is 17.0. The summed E-state index contributed by atoms with van der Waals surface area (Å²) in [5.74, 6) is -0.867. The van der Waals surface area contributed by atoms with Gasteiger partial charge in [-0.2, -0.15) is 0 Å². The number of carbonyl (C=O) groups is 3. The van der Waals surface area contributed by atoms with Gasteiger partial charge in [-0.15, -0.1) is 0 Å². The highest BCUT2D eigenvalue weighted by Gasteiger charge is 2.43. The van der Waals surface area contributed by atoms with Gasteiger partial charge in [0.15, 0.2) is 0 Å². The van der Waals surface area contributed by atoms with Gasteiger partial charge in [0.25, 0.3) is 5.91 Å². The maximum Gasteiger partial charge on any atom is 0.325 e. The van der Waals surface area contributed by atoms with E-state index in [0.717, 1.165) is 10.5 Å². The molecule has 1 aromatic carbocycles. The van der Waals surface area contributed by atoms with Gasteiger partial charge in [-0.05, 0) is 38.0 Å². The van der Waals surface area contributed by atoms with Crippen LogP contribution in [0.2, 0.25) is 0 Å². The summed E-state index contributed by atoms with van der Waals surface area (Å²) >= 11 is 0. The van der Waals surface area contributed by atoms with Crippen molar-refractivity contribution < 1.29 is 18.8 Å². The molecule has 1 saturated heterocycles. The van der Waals surface area contributed by atoms with Crippen LogP contribution in [0, 0.1) is 5.82 Å². The highest BCUT2D eigenvalue weighted by molar-refractivity contribution is 6.06. The van der Waals surface area contributed by atoms with Crippen molar-refractivity contribution in [1.29, 1.82) is 0 Å². The van der Waals surface area contributed by atoms with E-state index in [4.69, 9.17) is 0 Å². The average Bonchev–Trinajstić information content (AvgIpc) is 2.67. The number of urea groups is 1. The maximum absolute atomic E-state index is 12.8. The summed E-state index contributed by atoms with van der Waals surface area (Å²) < 4.78 is 12.8. The van der Waals surface area contributed by atoms with Crippen molar-refractivity contribution in [2.45, 2.75) is 32.2 Å². The summed E-state index contributed by atoms with van der Waals surface area (Å²) in [7, 11) is 0. The van der Waals surface area contributed by atoms with Crippen molar-refractivity contribution in [2.75, 3.05) is 13.1 Å². The van der Waals surface area contributed by atoms with Crippen LogP contribution in [0.1, 0.15) is 25.8 Å². The summed E-state index contributed by atoms with van der Waals surface area (Å²) in [6, 6.07) is 5.60. The fraction of sp³-hybridized carbons (Fsp3) is 0.438. The Kier molecular flexibility index (Phi) is 4.98. The largest absolute Gasteiger partial charge is 0.356 e. The molecule has 6 nitrogen and oxygen atoms in total. The lowest BCUT2D eigenvalue weighted by molar-refractivity contribution is -0.130. The molecule has 1 fully saturated rings. The normalized spacial score (nSPS) is 16.4. The number of carbonyl (C=O) groups excluding carboxylic acids is 3. The third kappa shape index (κ3) is 4.28. The van der Waals surface area contributed by atoms with E-state index in [1.54, 1.807) is 26.0 Å². The van der Waals surface area contributed by atoms with Crippen LogP contribution in [0.4, 0.5) is 9.18 Å². The van der Waals surface area contributed by atoms with Crippen LogP contribution in [0.5, 0.6) is 0 Å². The average molecular weight is 321 g/mol. The van der Waals surface area contributed by atoms with Crippen LogP contribution in [0.15, 0.2) is 24.3 Å². The second kappa shape index (κ2) is 6.76. The van der Waals surface area contributed by atoms with Crippen LogP contribution in [-0.4, -0.2) is 41.4 Å². The molecule has 2 N–H and O–H groups in total. The van der Waals surface area contributed by atoms with Crippen molar-refractivity contribution in [3.05, 3.63) is 35.6 Å². The molecule has 0 aromatic heterocycles. The number of nitrogens with one attached hydrogen (secondary N) is 2. The molecular formula is C16H20FN3O3. The van der Waals surface area contributed by atoms with E-state index in [-0.39, 0.29) is 30.6 Å². The molecule has 1 aromatic rings. The third-order valence-corrected chi connectivity index (χ3v) is 3.66. The summed E-state index contributed by atoms with van der Waals surface area (Å²) in [5.41, 5.74) is -0.00147. The maximum atomic E-state index is 12.8. The first-order valence-electron chi connectivity index (χ1n) is 7.45. The lowest BCUT2D eigenvalue weighted by atomic mass is 10.1. The Morgan fingerprint density at radius 2 is 1.91 bits per heavy atom. The van der Waals surface area contributed by atoms with Gasteiger partial charge in [0.2, 0.25) is 5.91 Å². The molecule has 0 saturated carbocycles. The first-order chi connectivity index (χ1) is 10.8. The molecule has 0 spiro atoms. The van der Waals surface area contributed by atoms with Gasteiger partial charge in [-0.3, -0.25) is 14.5 Å². The van der Waals surface area contributed by atoms with Crippen LogP contribution < -0.4 is 10.6 Å². The van der Waals surface area contributed by atoms with Gasteiger partial charge in [0.1, 0.15) is 11.4 Å². The molecule has 1 aliphatic rings. The summed E-state index contributed by atoms with van der Waals surface area (Å²) in [4.78, 5) is 36.5. The Labute approximate surface area is 134 Å². The van der Waals surface area contributed by atoms with Crippen molar-refractivity contribution >= 4 is 17.8 Å². The Morgan fingerprint density at radius 3 is 2.48 bits per heavy atom. The molecule has 0 unspecified atom stereocenters. The zero-order valence-corrected chi connectivity index (χ0v) is 13.2. The molecule has 1 heterocycles. The van der Waals surface area contributed by atoms with Crippen LogP contribution in [-0.2, 0) is 16.0 Å². The minimum absolute atomic E-state index is 0.0521. The molecule has 0 bridgehead atoms. The second-order valence-corrected chi connectivity index (χ2v) is 5.99. The van der Waals surface area contributed by atoms with E-state index in [1.807, 2.05) is 0 Å². The minimum atomic E-state index is -0.920. The van der Waals surface area contributed by atoms with Crippen molar-refractivity contribution in [1.82, 2.24) is 15.5 Å². The van der Waals surface area contributed by atoms with Gasteiger partial charge in [-0.25, -0.2) is 9.18 Å². The Morgan fingerprint density at radius 1 is 1.26 bits per heavy atom. The molecule has 4 amide bonds. The SMILES string of the molecule is CC1(C)NC(=O)N(CCC(=O)NCCc2ccc(F)cc2)C1=O. The molecule has 0 radical (unpaired) electrons. The molecular weight excluding hydrogens is 301 g/mol. The first-order valence-corrected chi connectivity index (χ1v) is 7.45. The van der Waals surface area contributed by atoms with Crippen LogP contribution in [0.25, 0.3) is 0 Å². The number of hydrogen-bond acceptors (Lipinski definition) is 3. The van der Waals surface area contributed by atoms with E-state index in [2.05, 4.69) is 10.6 Å². The van der Waals surface area contributed by atoms with Gasteiger partial charge >= 0.3 is 6.03 Å². The fourth-order valence-corrected chi connectivity index (χ4v) is 2.32. The molecule has 2 rings (SSSR count). The Hall–Kier alpha value is -2.44. The van der Waals surface area contributed by atoms with Crippen LogP contribution in [0.3, 0.4) is 0 Å². The molecule has 7 heteroatoms. The monoisotopic (exact) mass is 321 g/mol. The smallest absolute Gasteiger partial charge is 0.325 e. The van der Waals surface area contributed by atoms with Gasteiger partial charge in [0.05, 0.1) is 0 Å². The summed E-state index contributed by atoms with van der Waals surface area (Å²) in [6.07, 6.45) is 0.640. The zero-order valence-electron chi connectivity index (χ0n) is 13.2. The number of benzene rings is 1. The van der Waals surface area contributed by atoms with E-state index < -0.39 is 11.6 Å². The summed E-state index contributed by atoms with van der Waals surface area (Å²) in [6.45, 7) is 3.71. The first kappa shape index (κ1) is 16.9. The predicted molar refractivity (Wildman–Crippen MR) is 82.1 cm³/mol. The highest BCUT2D eigenvalue weighted by atomic mass is 19.1. The standard InChI is InChI=1S/C16H20FN3O3/c1-16(2)14(22)20(15(23)19-16)10-8-13(21)18-9-7-11-3-5-12(17)6-4-11/h3-6H,7-10H2,1-2H3,(H,18,21)(H,19,23). The quantitative estimate of drug-likeness (QED) is 0.773.